The molecular weight excluding hydrogens is 347 g/mol. The lowest BCUT2D eigenvalue weighted by Gasteiger charge is -2.14. The zero-order chi connectivity index (χ0) is 14.7. The highest BCUT2D eigenvalue weighted by Crippen LogP contribution is 2.29. The lowest BCUT2D eigenvalue weighted by molar-refractivity contribution is 0.176. The van der Waals surface area contributed by atoms with Crippen molar-refractivity contribution in [2.45, 2.75) is 12.5 Å². The number of aliphatic hydroxyl groups is 1. The maximum absolute atomic E-state index is 13.3. The predicted molar refractivity (Wildman–Crippen MR) is 80.8 cm³/mol. The van der Waals surface area contributed by atoms with Crippen molar-refractivity contribution in [3.8, 4) is 5.75 Å². The molecule has 0 saturated heterocycles. The predicted octanol–water partition coefficient (Wildman–Crippen LogP) is 4.53. The second-order valence-corrected chi connectivity index (χ2v) is 5.73. The van der Waals surface area contributed by atoms with Crippen LogP contribution in [-0.2, 0) is 6.42 Å². The standard InChI is InChI=1S/C15H13BrClFO2/c1-20-15-3-2-12(17)5-10(15)7-14(19)9-4-11(16)8-13(18)6-9/h2-6,8,14,19H,7H2,1H3. The summed E-state index contributed by atoms with van der Waals surface area (Å²) >= 11 is 9.16. The molecule has 1 atom stereocenters. The van der Waals surface area contributed by atoms with Gasteiger partial charge in [0.2, 0.25) is 0 Å². The van der Waals surface area contributed by atoms with Crippen molar-refractivity contribution in [1.82, 2.24) is 0 Å². The van der Waals surface area contributed by atoms with Crippen LogP contribution in [-0.4, -0.2) is 12.2 Å². The fourth-order valence-corrected chi connectivity index (χ4v) is 2.68. The zero-order valence-electron chi connectivity index (χ0n) is 10.7. The van der Waals surface area contributed by atoms with E-state index in [2.05, 4.69) is 15.9 Å². The molecule has 5 heteroatoms. The minimum atomic E-state index is -0.839. The van der Waals surface area contributed by atoms with E-state index in [0.29, 0.717) is 27.2 Å². The maximum atomic E-state index is 13.3. The Hall–Kier alpha value is -1.10. The number of methoxy groups -OCH3 is 1. The number of hydrogen-bond acceptors (Lipinski definition) is 2. The van der Waals surface area contributed by atoms with E-state index in [-0.39, 0.29) is 0 Å². The third kappa shape index (κ3) is 3.72. The first-order chi connectivity index (χ1) is 9.49. The van der Waals surface area contributed by atoms with Gasteiger partial charge in [0, 0.05) is 15.9 Å². The van der Waals surface area contributed by atoms with Crippen molar-refractivity contribution in [3.05, 3.63) is 62.8 Å². The third-order valence-electron chi connectivity index (χ3n) is 2.93. The van der Waals surface area contributed by atoms with E-state index in [9.17, 15) is 9.50 Å². The van der Waals surface area contributed by atoms with Crippen molar-refractivity contribution in [2.75, 3.05) is 7.11 Å². The molecule has 1 N–H and O–H groups in total. The molecule has 2 nitrogen and oxygen atoms in total. The number of rotatable bonds is 4. The van der Waals surface area contributed by atoms with E-state index < -0.39 is 11.9 Å². The van der Waals surface area contributed by atoms with Gasteiger partial charge in [-0.05, 0) is 47.5 Å². The molecule has 0 aliphatic carbocycles. The molecule has 0 bridgehead atoms. The summed E-state index contributed by atoms with van der Waals surface area (Å²) in [6, 6.07) is 9.53. The fraction of sp³-hybridized carbons (Fsp3) is 0.200. The molecule has 2 aromatic carbocycles. The lowest BCUT2D eigenvalue weighted by Crippen LogP contribution is -2.04. The molecule has 106 valence electrons. The Morgan fingerprint density at radius 2 is 2.05 bits per heavy atom. The van der Waals surface area contributed by atoms with Crippen LogP contribution in [0.1, 0.15) is 17.2 Å². The van der Waals surface area contributed by atoms with Crippen LogP contribution in [0.2, 0.25) is 5.02 Å². The summed E-state index contributed by atoms with van der Waals surface area (Å²) in [7, 11) is 1.55. The molecule has 0 radical (unpaired) electrons. The quantitative estimate of drug-likeness (QED) is 0.869. The minimum Gasteiger partial charge on any atom is -0.496 e. The average Bonchev–Trinajstić information content (AvgIpc) is 2.37. The van der Waals surface area contributed by atoms with Crippen LogP contribution in [0.25, 0.3) is 0 Å². The fourth-order valence-electron chi connectivity index (χ4n) is 2.00. The number of halogens is 3. The van der Waals surface area contributed by atoms with Crippen molar-refractivity contribution in [1.29, 1.82) is 0 Å². The summed E-state index contributed by atoms with van der Waals surface area (Å²) in [6.45, 7) is 0. The van der Waals surface area contributed by atoms with Crippen LogP contribution in [0.15, 0.2) is 40.9 Å². The molecule has 2 aromatic rings. The van der Waals surface area contributed by atoms with Crippen LogP contribution in [0.3, 0.4) is 0 Å². The van der Waals surface area contributed by atoms with Gasteiger partial charge in [-0.15, -0.1) is 0 Å². The van der Waals surface area contributed by atoms with Crippen molar-refractivity contribution < 1.29 is 14.2 Å². The van der Waals surface area contributed by atoms with Gasteiger partial charge in [0.1, 0.15) is 11.6 Å². The highest BCUT2D eigenvalue weighted by atomic mass is 79.9. The minimum absolute atomic E-state index is 0.291. The van der Waals surface area contributed by atoms with Crippen LogP contribution >= 0.6 is 27.5 Å². The van der Waals surface area contributed by atoms with Gasteiger partial charge < -0.3 is 9.84 Å². The van der Waals surface area contributed by atoms with Gasteiger partial charge in [-0.25, -0.2) is 4.39 Å². The monoisotopic (exact) mass is 358 g/mol. The SMILES string of the molecule is COc1ccc(Cl)cc1CC(O)c1cc(F)cc(Br)c1. The summed E-state index contributed by atoms with van der Waals surface area (Å²) < 4.78 is 19.2. The number of aliphatic hydroxyl groups excluding tert-OH is 1. The van der Waals surface area contributed by atoms with Gasteiger partial charge in [0.05, 0.1) is 13.2 Å². The van der Waals surface area contributed by atoms with E-state index in [1.165, 1.54) is 12.1 Å². The molecule has 2 rings (SSSR count). The summed E-state index contributed by atoms with van der Waals surface area (Å²) in [5, 5.41) is 10.8. The van der Waals surface area contributed by atoms with E-state index in [1.54, 1.807) is 31.4 Å². The molecule has 0 saturated carbocycles. The summed E-state index contributed by atoms with van der Waals surface area (Å²) in [6.07, 6.45) is -0.547. The summed E-state index contributed by atoms with van der Waals surface area (Å²) in [5.74, 6) is 0.246. The number of benzene rings is 2. The molecule has 0 aromatic heterocycles. The first-order valence-corrected chi connectivity index (χ1v) is 7.13. The molecule has 0 heterocycles. The molecule has 1 unspecified atom stereocenters. The van der Waals surface area contributed by atoms with Crippen LogP contribution in [0.5, 0.6) is 5.75 Å². The van der Waals surface area contributed by atoms with Crippen molar-refractivity contribution in [2.24, 2.45) is 0 Å². The Morgan fingerprint density at radius 1 is 1.30 bits per heavy atom. The third-order valence-corrected chi connectivity index (χ3v) is 3.62. The van der Waals surface area contributed by atoms with Gasteiger partial charge in [-0.1, -0.05) is 27.5 Å². The van der Waals surface area contributed by atoms with E-state index >= 15 is 0 Å². The van der Waals surface area contributed by atoms with Gasteiger partial charge in [-0.3, -0.25) is 0 Å². The molecule has 0 amide bonds. The Labute approximate surface area is 130 Å². The van der Waals surface area contributed by atoms with Crippen molar-refractivity contribution >= 4 is 27.5 Å². The maximum Gasteiger partial charge on any atom is 0.124 e. The Kier molecular flexibility index (Phi) is 5.02. The van der Waals surface area contributed by atoms with E-state index in [0.717, 1.165) is 5.56 Å². The first kappa shape index (κ1) is 15.3. The normalized spacial score (nSPS) is 12.2. The zero-order valence-corrected chi connectivity index (χ0v) is 13.1. The molecule has 0 aliphatic heterocycles. The smallest absolute Gasteiger partial charge is 0.124 e. The molecular formula is C15H13BrClFO2. The van der Waals surface area contributed by atoms with Crippen LogP contribution in [0.4, 0.5) is 4.39 Å². The summed E-state index contributed by atoms with van der Waals surface area (Å²) in [5.41, 5.74) is 1.27. The topological polar surface area (TPSA) is 29.5 Å². The van der Waals surface area contributed by atoms with Gasteiger partial charge in [-0.2, -0.15) is 0 Å². The van der Waals surface area contributed by atoms with E-state index in [4.69, 9.17) is 16.3 Å². The van der Waals surface area contributed by atoms with Crippen LogP contribution < -0.4 is 4.74 Å². The second kappa shape index (κ2) is 6.57. The largest absolute Gasteiger partial charge is 0.496 e. The summed E-state index contributed by atoms with van der Waals surface area (Å²) in [4.78, 5) is 0. The Balaban J connectivity index is 2.27. The first-order valence-electron chi connectivity index (χ1n) is 5.96. The molecule has 0 spiro atoms. The van der Waals surface area contributed by atoms with Crippen LogP contribution in [0, 0.1) is 5.82 Å². The van der Waals surface area contributed by atoms with Gasteiger partial charge in [0.25, 0.3) is 0 Å². The highest BCUT2D eigenvalue weighted by Gasteiger charge is 2.14. The number of ether oxygens (including phenoxy) is 1. The molecule has 20 heavy (non-hydrogen) atoms. The highest BCUT2D eigenvalue weighted by molar-refractivity contribution is 9.10. The lowest BCUT2D eigenvalue weighted by atomic mass is 10.0. The molecule has 0 fully saturated rings. The Morgan fingerprint density at radius 3 is 2.70 bits per heavy atom. The van der Waals surface area contributed by atoms with Gasteiger partial charge >= 0.3 is 0 Å². The van der Waals surface area contributed by atoms with Crippen molar-refractivity contribution in [3.63, 3.8) is 0 Å². The van der Waals surface area contributed by atoms with Gasteiger partial charge in [0.15, 0.2) is 0 Å². The average molecular weight is 360 g/mol. The van der Waals surface area contributed by atoms with E-state index in [1.807, 2.05) is 0 Å². The Bertz CT molecular complexity index is 599. The molecule has 0 aliphatic rings. The second-order valence-electron chi connectivity index (χ2n) is 4.38. The number of hydrogen-bond donors (Lipinski definition) is 1.